The Balaban J connectivity index is 3.54. The molecule has 0 saturated carbocycles. The molecule has 11 heavy (non-hydrogen) atoms. The highest BCUT2D eigenvalue weighted by Crippen LogP contribution is 1.73. The fraction of sp³-hybridized carbons (Fsp3) is 0.667. The molecule has 0 aromatic carbocycles. The number of hydrogen-bond acceptors (Lipinski definition) is 3. The third kappa shape index (κ3) is 4.32. The predicted molar refractivity (Wildman–Crippen MR) is 40.7 cm³/mol. The minimum absolute atomic E-state index is 0.0170. The third-order valence-corrected chi connectivity index (χ3v) is 1.12. The summed E-state index contributed by atoms with van der Waals surface area (Å²) in [6, 6.07) is -0.570. The smallest absolute Gasteiger partial charge is 0.239 e. The Hall–Kier alpha value is -1.10. The van der Waals surface area contributed by atoms with Crippen LogP contribution in [0.25, 0.3) is 0 Å². The summed E-state index contributed by atoms with van der Waals surface area (Å²) < 4.78 is 0. The van der Waals surface area contributed by atoms with E-state index in [2.05, 4.69) is 10.6 Å². The van der Waals surface area contributed by atoms with Crippen molar-refractivity contribution in [2.24, 2.45) is 5.73 Å². The number of nitrogens with two attached hydrogens (primary N) is 1. The van der Waals surface area contributed by atoms with Gasteiger partial charge in [0.1, 0.15) is 0 Å². The van der Waals surface area contributed by atoms with Gasteiger partial charge in [-0.1, -0.05) is 0 Å². The summed E-state index contributed by atoms with van der Waals surface area (Å²) in [5.74, 6) is -0.562. The molecule has 5 heteroatoms. The van der Waals surface area contributed by atoms with Crippen molar-refractivity contribution in [3.8, 4) is 0 Å². The van der Waals surface area contributed by atoms with Gasteiger partial charge >= 0.3 is 0 Å². The largest absolute Gasteiger partial charge is 0.358 e. The molecule has 0 heterocycles. The first-order valence-corrected chi connectivity index (χ1v) is 3.31. The Labute approximate surface area is 65.3 Å². The summed E-state index contributed by atoms with van der Waals surface area (Å²) in [5, 5.41) is 4.72. The SMILES string of the molecule is CNC(=O)CNC(=O)C(C)N. The minimum atomic E-state index is -0.570. The second kappa shape index (κ2) is 4.68. The van der Waals surface area contributed by atoms with Crippen LogP contribution in [0.3, 0.4) is 0 Å². The average molecular weight is 159 g/mol. The molecule has 1 atom stereocenters. The third-order valence-electron chi connectivity index (χ3n) is 1.12. The fourth-order valence-corrected chi connectivity index (χ4v) is 0.417. The molecular formula is C6H13N3O2. The van der Waals surface area contributed by atoms with E-state index >= 15 is 0 Å². The van der Waals surface area contributed by atoms with Crippen molar-refractivity contribution >= 4 is 11.8 Å². The van der Waals surface area contributed by atoms with Gasteiger partial charge in [-0.2, -0.15) is 0 Å². The summed E-state index contributed by atoms with van der Waals surface area (Å²) >= 11 is 0. The van der Waals surface area contributed by atoms with Crippen LogP contribution < -0.4 is 16.4 Å². The number of carbonyl (C=O) groups is 2. The lowest BCUT2D eigenvalue weighted by molar-refractivity contribution is -0.126. The predicted octanol–water partition coefficient (Wildman–Crippen LogP) is -1.80. The van der Waals surface area contributed by atoms with E-state index in [1.807, 2.05) is 0 Å². The van der Waals surface area contributed by atoms with Gasteiger partial charge in [-0.25, -0.2) is 0 Å². The number of amides is 2. The van der Waals surface area contributed by atoms with E-state index in [9.17, 15) is 9.59 Å². The van der Waals surface area contributed by atoms with Gasteiger partial charge < -0.3 is 16.4 Å². The Morgan fingerprint density at radius 1 is 1.55 bits per heavy atom. The van der Waals surface area contributed by atoms with E-state index in [-0.39, 0.29) is 18.4 Å². The zero-order valence-corrected chi connectivity index (χ0v) is 6.68. The highest BCUT2D eigenvalue weighted by molar-refractivity contribution is 5.86. The van der Waals surface area contributed by atoms with Gasteiger partial charge in [0, 0.05) is 7.05 Å². The molecular weight excluding hydrogens is 146 g/mol. The number of hydrogen-bond donors (Lipinski definition) is 3. The summed E-state index contributed by atoms with van der Waals surface area (Å²) in [6.45, 7) is 1.54. The van der Waals surface area contributed by atoms with Crippen molar-refractivity contribution in [2.75, 3.05) is 13.6 Å². The Kier molecular flexibility index (Phi) is 4.21. The highest BCUT2D eigenvalue weighted by Gasteiger charge is 2.07. The van der Waals surface area contributed by atoms with Crippen LogP contribution in [-0.2, 0) is 9.59 Å². The lowest BCUT2D eigenvalue weighted by atomic mass is 10.3. The molecule has 4 N–H and O–H groups in total. The molecule has 0 radical (unpaired) electrons. The number of likely N-dealkylation sites (N-methyl/N-ethyl adjacent to an activating group) is 1. The zero-order chi connectivity index (χ0) is 8.85. The van der Waals surface area contributed by atoms with Crippen LogP contribution in [0, 0.1) is 0 Å². The number of nitrogens with one attached hydrogen (secondary N) is 2. The zero-order valence-electron chi connectivity index (χ0n) is 6.68. The topological polar surface area (TPSA) is 84.2 Å². The van der Waals surface area contributed by atoms with Crippen LogP contribution in [0.4, 0.5) is 0 Å². The molecule has 0 aliphatic rings. The van der Waals surface area contributed by atoms with E-state index in [1.165, 1.54) is 7.05 Å². The molecule has 2 amide bonds. The molecule has 0 aromatic rings. The molecule has 0 aliphatic carbocycles. The average Bonchev–Trinajstić information content (AvgIpc) is 1.99. The van der Waals surface area contributed by atoms with Crippen LogP contribution in [-0.4, -0.2) is 31.4 Å². The molecule has 5 nitrogen and oxygen atoms in total. The first-order chi connectivity index (χ1) is 5.07. The normalized spacial score (nSPS) is 11.9. The van der Waals surface area contributed by atoms with E-state index < -0.39 is 6.04 Å². The summed E-state index contributed by atoms with van der Waals surface area (Å²) in [7, 11) is 1.50. The van der Waals surface area contributed by atoms with Crippen molar-refractivity contribution in [1.82, 2.24) is 10.6 Å². The molecule has 1 unspecified atom stereocenters. The maximum atomic E-state index is 10.7. The van der Waals surface area contributed by atoms with Crippen LogP contribution in [0.5, 0.6) is 0 Å². The van der Waals surface area contributed by atoms with E-state index in [1.54, 1.807) is 6.92 Å². The monoisotopic (exact) mass is 159 g/mol. The lowest BCUT2D eigenvalue weighted by Crippen LogP contribution is -2.42. The van der Waals surface area contributed by atoms with Gasteiger partial charge in [0.2, 0.25) is 11.8 Å². The van der Waals surface area contributed by atoms with Crippen molar-refractivity contribution in [1.29, 1.82) is 0 Å². The molecule has 64 valence electrons. The fourth-order valence-electron chi connectivity index (χ4n) is 0.417. The standard InChI is InChI=1S/C6H13N3O2/c1-4(7)6(11)9-3-5(10)8-2/h4H,3,7H2,1-2H3,(H,8,10)(H,9,11). The van der Waals surface area contributed by atoms with E-state index in [0.717, 1.165) is 0 Å². The van der Waals surface area contributed by atoms with Gasteiger partial charge in [0.05, 0.1) is 12.6 Å². The Morgan fingerprint density at radius 2 is 2.09 bits per heavy atom. The van der Waals surface area contributed by atoms with Crippen LogP contribution in [0.2, 0.25) is 0 Å². The quantitative estimate of drug-likeness (QED) is 0.454. The van der Waals surface area contributed by atoms with Crippen molar-refractivity contribution < 1.29 is 9.59 Å². The van der Waals surface area contributed by atoms with Gasteiger partial charge in [-0.05, 0) is 6.92 Å². The first kappa shape index (κ1) is 9.90. The van der Waals surface area contributed by atoms with Gasteiger partial charge in [-0.15, -0.1) is 0 Å². The molecule has 0 aromatic heterocycles. The van der Waals surface area contributed by atoms with Gasteiger partial charge in [0.25, 0.3) is 0 Å². The second-order valence-electron chi connectivity index (χ2n) is 2.18. The Bertz CT molecular complexity index is 156. The molecule has 0 fully saturated rings. The molecule has 0 rings (SSSR count). The van der Waals surface area contributed by atoms with E-state index in [4.69, 9.17) is 5.73 Å². The Morgan fingerprint density at radius 3 is 2.45 bits per heavy atom. The van der Waals surface area contributed by atoms with Gasteiger partial charge in [0.15, 0.2) is 0 Å². The van der Waals surface area contributed by atoms with Crippen LogP contribution in [0.15, 0.2) is 0 Å². The van der Waals surface area contributed by atoms with Crippen molar-refractivity contribution in [3.05, 3.63) is 0 Å². The second-order valence-corrected chi connectivity index (χ2v) is 2.18. The van der Waals surface area contributed by atoms with Crippen LogP contribution >= 0.6 is 0 Å². The maximum absolute atomic E-state index is 10.7. The first-order valence-electron chi connectivity index (χ1n) is 3.31. The lowest BCUT2D eigenvalue weighted by Gasteiger charge is -2.05. The van der Waals surface area contributed by atoms with E-state index in [0.29, 0.717) is 0 Å². The van der Waals surface area contributed by atoms with Crippen molar-refractivity contribution in [2.45, 2.75) is 13.0 Å². The van der Waals surface area contributed by atoms with Crippen LogP contribution in [0.1, 0.15) is 6.92 Å². The molecule has 0 aliphatic heterocycles. The summed E-state index contributed by atoms with van der Waals surface area (Å²) in [4.78, 5) is 21.3. The van der Waals surface area contributed by atoms with Crippen molar-refractivity contribution in [3.63, 3.8) is 0 Å². The summed E-state index contributed by atoms with van der Waals surface area (Å²) in [6.07, 6.45) is 0. The number of rotatable bonds is 3. The van der Waals surface area contributed by atoms with Gasteiger partial charge in [-0.3, -0.25) is 9.59 Å². The molecule has 0 saturated heterocycles. The molecule has 0 bridgehead atoms. The summed E-state index contributed by atoms with van der Waals surface area (Å²) in [5.41, 5.74) is 5.22. The maximum Gasteiger partial charge on any atom is 0.239 e. The number of carbonyl (C=O) groups excluding carboxylic acids is 2. The minimum Gasteiger partial charge on any atom is -0.358 e. The molecule has 0 spiro atoms. The highest BCUT2D eigenvalue weighted by atomic mass is 16.2.